The highest BCUT2D eigenvalue weighted by molar-refractivity contribution is 5.97. The second-order valence-corrected chi connectivity index (χ2v) is 7.97. The highest BCUT2D eigenvalue weighted by atomic mass is 16.7. The normalized spacial score (nSPS) is 18.2. The van der Waals surface area contributed by atoms with Gasteiger partial charge in [-0.2, -0.15) is 0 Å². The zero-order valence-corrected chi connectivity index (χ0v) is 16.5. The van der Waals surface area contributed by atoms with E-state index in [9.17, 15) is 4.79 Å². The highest BCUT2D eigenvalue weighted by Crippen LogP contribution is 2.46. The summed E-state index contributed by atoms with van der Waals surface area (Å²) in [5.74, 6) is 1.80. The van der Waals surface area contributed by atoms with E-state index in [-0.39, 0.29) is 18.6 Å². The average molecular weight is 395 g/mol. The van der Waals surface area contributed by atoms with Gasteiger partial charge in [-0.05, 0) is 41.3 Å². The van der Waals surface area contributed by atoms with Crippen molar-refractivity contribution < 1.29 is 14.3 Å². The lowest BCUT2D eigenvalue weighted by molar-refractivity contribution is 0.0945. The van der Waals surface area contributed by atoms with Gasteiger partial charge in [-0.15, -0.1) is 0 Å². The van der Waals surface area contributed by atoms with Gasteiger partial charge >= 0.3 is 0 Å². The first kappa shape index (κ1) is 17.3. The predicted octanol–water partition coefficient (Wildman–Crippen LogP) is 5.10. The van der Waals surface area contributed by atoms with Crippen molar-refractivity contribution in [1.29, 1.82) is 0 Å². The molecule has 6 rings (SSSR count). The lowest BCUT2D eigenvalue weighted by atomic mass is 9.84. The molecule has 3 heterocycles. The first-order chi connectivity index (χ1) is 14.8. The summed E-state index contributed by atoms with van der Waals surface area (Å²) in [4.78, 5) is 15.5. The Kier molecular flexibility index (Phi) is 3.91. The van der Waals surface area contributed by atoms with Crippen molar-refractivity contribution in [3.63, 3.8) is 0 Å². The minimum Gasteiger partial charge on any atom is -0.454 e. The monoisotopic (exact) mass is 395 g/mol. The van der Waals surface area contributed by atoms with Crippen molar-refractivity contribution in [1.82, 2.24) is 4.90 Å². The van der Waals surface area contributed by atoms with E-state index in [1.54, 1.807) is 0 Å². The highest BCUT2D eigenvalue weighted by Gasteiger charge is 2.35. The van der Waals surface area contributed by atoms with Crippen molar-refractivity contribution in [3.05, 3.63) is 94.5 Å². The second kappa shape index (κ2) is 6.77. The third kappa shape index (κ3) is 2.71. The minimum atomic E-state index is 0.0208. The van der Waals surface area contributed by atoms with Gasteiger partial charge < -0.3 is 14.4 Å². The van der Waals surface area contributed by atoms with Crippen LogP contribution in [0.3, 0.4) is 0 Å². The van der Waals surface area contributed by atoms with Gasteiger partial charge in [-0.1, -0.05) is 54.6 Å². The van der Waals surface area contributed by atoms with Gasteiger partial charge in [0.2, 0.25) is 6.79 Å². The molecule has 1 atom stereocenters. The number of nitrogens with zero attached hydrogens (tertiary/aromatic N) is 1. The lowest BCUT2D eigenvalue weighted by Gasteiger charge is -2.43. The van der Waals surface area contributed by atoms with Crippen molar-refractivity contribution in [2.75, 3.05) is 13.3 Å². The van der Waals surface area contributed by atoms with Crippen LogP contribution in [0.25, 0.3) is 11.8 Å². The van der Waals surface area contributed by atoms with Crippen molar-refractivity contribution in [3.8, 4) is 11.5 Å². The Morgan fingerprint density at radius 1 is 0.967 bits per heavy atom. The number of hydrogen-bond donors (Lipinski definition) is 0. The molecule has 0 bridgehead atoms. The third-order valence-corrected chi connectivity index (χ3v) is 6.30. The Morgan fingerprint density at radius 3 is 2.60 bits per heavy atom. The summed E-state index contributed by atoms with van der Waals surface area (Å²) in [6.07, 6.45) is 3.62. The minimum absolute atomic E-state index is 0.0208. The van der Waals surface area contributed by atoms with E-state index >= 15 is 0 Å². The van der Waals surface area contributed by atoms with Crippen LogP contribution in [0, 0.1) is 0 Å². The molecule has 0 amide bonds. The average Bonchev–Trinajstić information content (AvgIpc) is 3.25. The number of ether oxygens (including phenoxy) is 2. The zero-order chi connectivity index (χ0) is 20.1. The van der Waals surface area contributed by atoms with Crippen LogP contribution >= 0.6 is 0 Å². The molecule has 0 saturated carbocycles. The molecule has 3 aromatic rings. The Bertz CT molecular complexity index is 1180. The molecule has 3 aliphatic rings. The molecule has 0 N–H and O–H groups in total. The molecule has 0 unspecified atom stereocenters. The van der Waals surface area contributed by atoms with Gasteiger partial charge in [0.05, 0.1) is 6.04 Å². The van der Waals surface area contributed by atoms with Crippen molar-refractivity contribution in [2.45, 2.75) is 18.9 Å². The maximum absolute atomic E-state index is 13.1. The molecular formula is C26H21NO3. The number of carbonyl (C=O) groups excluding carboxylic acids is 1. The van der Waals surface area contributed by atoms with Crippen molar-refractivity contribution >= 4 is 17.6 Å². The Balaban J connectivity index is 1.44. The quantitative estimate of drug-likeness (QED) is 0.579. The maximum Gasteiger partial charge on any atom is 0.231 e. The van der Waals surface area contributed by atoms with E-state index in [1.807, 2.05) is 30.3 Å². The summed E-state index contributed by atoms with van der Waals surface area (Å²) in [7, 11) is 0. The Labute approximate surface area is 175 Å². The molecule has 0 aliphatic carbocycles. The van der Waals surface area contributed by atoms with E-state index in [1.165, 1.54) is 28.0 Å². The van der Waals surface area contributed by atoms with Crippen LogP contribution in [0.1, 0.15) is 45.1 Å². The number of benzene rings is 3. The van der Waals surface area contributed by atoms with Gasteiger partial charge in [-0.3, -0.25) is 4.79 Å². The van der Waals surface area contributed by atoms with Gasteiger partial charge in [0.1, 0.15) is 0 Å². The fourth-order valence-electron chi connectivity index (χ4n) is 4.83. The number of fused-ring (bicyclic) bond motifs is 5. The topological polar surface area (TPSA) is 38.8 Å². The standard InChI is InChI=1S/C26H21NO3/c28-24(17-6-2-1-3-7-17)15-23-20-9-5-4-8-18(20)12-22-21-14-26-25(29-16-30-26)13-19(21)10-11-27(22)23/h1-9,12-14,23H,10-11,15-16H2/t23-/m0/s1. The second-order valence-electron chi connectivity index (χ2n) is 7.97. The first-order valence-corrected chi connectivity index (χ1v) is 10.4. The molecule has 0 spiro atoms. The third-order valence-electron chi connectivity index (χ3n) is 6.30. The molecule has 3 aromatic carbocycles. The van der Waals surface area contributed by atoms with E-state index < -0.39 is 0 Å². The maximum atomic E-state index is 13.1. The number of rotatable bonds is 3. The summed E-state index contributed by atoms with van der Waals surface area (Å²) >= 11 is 0. The van der Waals surface area contributed by atoms with Crippen LogP contribution < -0.4 is 9.47 Å². The summed E-state index contributed by atoms with van der Waals surface area (Å²) in [5.41, 5.74) is 6.78. The predicted molar refractivity (Wildman–Crippen MR) is 115 cm³/mol. The summed E-state index contributed by atoms with van der Waals surface area (Å²) in [5, 5.41) is 0. The molecule has 0 radical (unpaired) electrons. The van der Waals surface area contributed by atoms with Gasteiger partial charge in [-0.25, -0.2) is 0 Å². The molecule has 30 heavy (non-hydrogen) atoms. The van der Waals surface area contributed by atoms with E-state index in [0.717, 1.165) is 30.0 Å². The summed E-state index contributed by atoms with van der Waals surface area (Å²) < 4.78 is 11.2. The Morgan fingerprint density at radius 2 is 1.73 bits per heavy atom. The first-order valence-electron chi connectivity index (χ1n) is 10.4. The van der Waals surface area contributed by atoms with Gasteiger partial charge in [0, 0.05) is 29.8 Å². The summed E-state index contributed by atoms with van der Waals surface area (Å²) in [6, 6.07) is 22.2. The fraction of sp³-hybridized carbons (Fsp3) is 0.192. The van der Waals surface area contributed by atoms with Crippen LogP contribution in [0.5, 0.6) is 11.5 Å². The molecule has 4 heteroatoms. The van der Waals surface area contributed by atoms with Crippen LogP contribution in [0.2, 0.25) is 0 Å². The largest absolute Gasteiger partial charge is 0.454 e. The molecule has 4 nitrogen and oxygen atoms in total. The smallest absolute Gasteiger partial charge is 0.231 e. The molecule has 0 aromatic heterocycles. The number of carbonyl (C=O) groups is 1. The van der Waals surface area contributed by atoms with Crippen LogP contribution in [-0.2, 0) is 6.42 Å². The van der Waals surface area contributed by atoms with Crippen LogP contribution in [-0.4, -0.2) is 24.0 Å². The molecule has 3 aliphatic heterocycles. The van der Waals surface area contributed by atoms with Crippen LogP contribution in [0.15, 0.2) is 66.7 Å². The molecular weight excluding hydrogens is 374 g/mol. The number of hydrogen-bond acceptors (Lipinski definition) is 4. The van der Waals surface area contributed by atoms with E-state index in [4.69, 9.17) is 9.47 Å². The van der Waals surface area contributed by atoms with Gasteiger partial charge in [0.25, 0.3) is 0 Å². The lowest BCUT2D eigenvalue weighted by Crippen LogP contribution is -2.36. The number of Topliss-reactive ketones (excluding diaryl/α,β-unsaturated/α-hetero) is 1. The van der Waals surface area contributed by atoms with Gasteiger partial charge in [0.15, 0.2) is 17.3 Å². The molecule has 0 saturated heterocycles. The molecule has 148 valence electrons. The van der Waals surface area contributed by atoms with E-state index in [2.05, 4.69) is 47.4 Å². The summed E-state index contributed by atoms with van der Waals surface area (Å²) in [6.45, 7) is 1.15. The number of ketones is 1. The SMILES string of the molecule is O=C(C[C@H]1c2ccccc2C=C2c3cc4c(cc3CCN21)OCO4)c1ccccc1. The molecule has 0 fully saturated rings. The van der Waals surface area contributed by atoms with Crippen LogP contribution in [0.4, 0.5) is 0 Å². The zero-order valence-electron chi connectivity index (χ0n) is 16.5. The Hall–Kier alpha value is -3.53. The van der Waals surface area contributed by atoms with E-state index in [0.29, 0.717) is 6.42 Å². The van der Waals surface area contributed by atoms with Crippen molar-refractivity contribution in [2.24, 2.45) is 0 Å². The fourth-order valence-corrected chi connectivity index (χ4v) is 4.83.